The van der Waals surface area contributed by atoms with Crippen LogP contribution in [0.5, 0.6) is 0 Å². The van der Waals surface area contributed by atoms with Gasteiger partial charge in [0.25, 0.3) is 5.91 Å². The van der Waals surface area contributed by atoms with E-state index in [4.69, 9.17) is 11.6 Å². The zero-order chi connectivity index (χ0) is 16.2. The number of nitrogens with zero attached hydrogens (tertiary/aromatic N) is 2. The van der Waals surface area contributed by atoms with Crippen LogP contribution in [0.15, 0.2) is 41.0 Å². The number of carbonyl (C=O) groups excluding carboxylic acids is 1. The first kappa shape index (κ1) is 19.3. The standard InChI is InChI=1S/C16H18ClN3O2S.ClH/c17-13-3-1-11(2-4-13)14(21)9-20-7-5-12(6-8-20)16-19-18-15(22)10-23-16;/h1-5,14,21H,6-10H2,(H,18,22);1H. The Morgan fingerprint density at radius 2 is 2.12 bits per heavy atom. The van der Waals surface area contributed by atoms with Gasteiger partial charge in [-0.1, -0.05) is 41.6 Å². The molecule has 1 aromatic rings. The molecule has 2 aliphatic heterocycles. The number of nitrogens with one attached hydrogen (secondary N) is 1. The van der Waals surface area contributed by atoms with Gasteiger partial charge in [0.2, 0.25) is 0 Å². The van der Waals surface area contributed by atoms with Crippen molar-refractivity contribution in [2.75, 3.05) is 25.4 Å². The summed E-state index contributed by atoms with van der Waals surface area (Å²) in [5.41, 5.74) is 4.57. The second kappa shape index (κ2) is 8.87. The molecule has 0 radical (unpaired) electrons. The van der Waals surface area contributed by atoms with Gasteiger partial charge in [0, 0.05) is 24.7 Å². The lowest BCUT2D eigenvalue weighted by molar-refractivity contribution is -0.118. The molecular formula is C16H19Cl2N3O2S. The first-order valence-electron chi connectivity index (χ1n) is 7.46. The highest BCUT2D eigenvalue weighted by atomic mass is 35.5. The van der Waals surface area contributed by atoms with Crippen molar-refractivity contribution in [3.05, 3.63) is 46.5 Å². The number of aliphatic hydroxyl groups excluding tert-OH is 1. The van der Waals surface area contributed by atoms with Crippen molar-refractivity contribution in [3.8, 4) is 0 Å². The Kier molecular flexibility index (Phi) is 7.13. The molecule has 0 spiro atoms. The average Bonchev–Trinajstić information content (AvgIpc) is 2.57. The highest BCUT2D eigenvalue weighted by Gasteiger charge is 2.21. The molecule has 5 nitrogen and oxygen atoms in total. The van der Waals surface area contributed by atoms with E-state index in [0.717, 1.165) is 30.1 Å². The maximum atomic E-state index is 11.1. The van der Waals surface area contributed by atoms with E-state index in [1.165, 1.54) is 17.3 Å². The van der Waals surface area contributed by atoms with Crippen LogP contribution < -0.4 is 5.43 Å². The van der Waals surface area contributed by atoms with Gasteiger partial charge in [0.05, 0.1) is 11.9 Å². The molecule has 24 heavy (non-hydrogen) atoms. The average molecular weight is 388 g/mol. The van der Waals surface area contributed by atoms with Crippen molar-refractivity contribution in [1.82, 2.24) is 10.3 Å². The lowest BCUT2D eigenvalue weighted by Crippen LogP contribution is -2.34. The van der Waals surface area contributed by atoms with E-state index >= 15 is 0 Å². The molecule has 0 aliphatic carbocycles. The molecule has 2 N–H and O–H groups in total. The Bertz CT molecular complexity index is 649. The van der Waals surface area contributed by atoms with Gasteiger partial charge in [-0.25, -0.2) is 5.43 Å². The summed E-state index contributed by atoms with van der Waals surface area (Å²) in [4.78, 5) is 13.3. The van der Waals surface area contributed by atoms with Crippen molar-refractivity contribution in [3.63, 3.8) is 0 Å². The van der Waals surface area contributed by atoms with Crippen LogP contribution >= 0.6 is 35.8 Å². The van der Waals surface area contributed by atoms with Crippen LogP contribution in [0.4, 0.5) is 0 Å². The van der Waals surface area contributed by atoms with E-state index in [9.17, 15) is 9.90 Å². The number of amides is 1. The molecule has 130 valence electrons. The predicted molar refractivity (Wildman–Crippen MR) is 101 cm³/mol. The van der Waals surface area contributed by atoms with Gasteiger partial charge in [-0.2, -0.15) is 5.10 Å². The summed E-state index contributed by atoms with van der Waals surface area (Å²) in [6, 6.07) is 7.30. The molecule has 0 bridgehead atoms. The smallest absolute Gasteiger partial charge is 0.250 e. The minimum atomic E-state index is -0.525. The molecule has 1 amide bonds. The highest BCUT2D eigenvalue weighted by Crippen LogP contribution is 2.23. The first-order valence-corrected chi connectivity index (χ1v) is 8.83. The van der Waals surface area contributed by atoms with E-state index in [1.807, 2.05) is 12.1 Å². The number of thioether (sulfide) groups is 1. The molecule has 1 atom stereocenters. The Morgan fingerprint density at radius 3 is 2.71 bits per heavy atom. The van der Waals surface area contributed by atoms with Crippen molar-refractivity contribution in [1.29, 1.82) is 0 Å². The van der Waals surface area contributed by atoms with Gasteiger partial charge in [-0.15, -0.1) is 12.4 Å². The summed E-state index contributed by atoms with van der Waals surface area (Å²) in [6.45, 7) is 2.22. The number of hydrazone groups is 1. The largest absolute Gasteiger partial charge is 0.387 e. The third-order valence-corrected chi connectivity index (χ3v) is 5.16. The fourth-order valence-electron chi connectivity index (χ4n) is 2.58. The maximum Gasteiger partial charge on any atom is 0.250 e. The van der Waals surface area contributed by atoms with Gasteiger partial charge in [-0.05, 0) is 29.7 Å². The Labute approximate surface area is 156 Å². The molecule has 8 heteroatoms. The van der Waals surface area contributed by atoms with Crippen LogP contribution in [0.1, 0.15) is 18.1 Å². The summed E-state index contributed by atoms with van der Waals surface area (Å²) >= 11 is 7.35. The van der Waals surface area contributed by atoms with E-state index in [2.05, 4.69) is 21.5 Å². The minimum absolute atomic E-state index is 0. The Morgan fingerprint density at radius 1 is 1.38 bits per heavy atom. The molecule has 0 saturated heterocycles. The van der Waals surface area contributed by atoms with Crippen molar-refractivity contribution in [2.45, 2.75) is 12.5 Å². The van der Waals surface area contributed by atoms with Gasteiger partial charge in [-0.3, -0.25) is 9.69 Å². The first-order chi connectivity index (χ1) is 11.1. The molecule has 1 aromatic carbocycles. The van der Waals surface area contributed by atoms with E-state index in [1.54, 1.807) is 12.1 Å². The van der Waals surface area contributed by atoms with E-state index in [-0.39, 0.29) is 18.3 Å². The third kappa shape index (κ3) is 4.97. The van der Waals surface area contributed by atoms with Crippen LogP contribution in [-0.4, -0.2) is 46.3 Å². The summed E-state index contributed by atoms with van der Waals surface area (Å²) in [5, 5.41) is 16.0. The maximum absolute atomic E-state index is 11.1. The lowest BCUT2D eigenvalue weighted by Gasteiger charge is -2.29. The lowest BCUT2D eigenvalue weighted by atomic mass is 10.1. The van der Waals surface area contributed by atoms with Gasteiger partial charge in [0.1, 0.15) is 5.04 Å². The second-order valence-corrected chi connectivity index (χ2v) is 6.95. The monoisotopic (exact) mass is 387 g/mol. The second-order valence-electron chi connectivity index (χ2n) is 5.55. The molecule has 1 unspecified atom stereocenters. The summed E-state index contributed by atoms with van der Waals surface area (Å²) in [5.74, 6) is 0.373. The Balaban J connectivity index is 0.00000208. The minimum Gasteiger partial charge on any atom is -0.387 e. The number of rotatable bonds is 4. The zero-order valence-corrected chi connectivity index (χ0v) is 15.3. The molecule has 0 saturated carbocycles. The number of halogens is 2. The van der Waals surface area contributed by atoms with Crippen LogP contribution in [0.3, 0.4) is 0 Å². The highest BCUT2D eigenvalue weighted by molar-refractivity contribution is 8.15. The summed E-state index contributed by atoms with van der Waals surface area (Å²) in [6.07, 6.45) is 2.47. The van der Waals surface area contributed by atoms with Gasteiger partial charge in [0.15, 0.2) is 0 Å². The van der Waals surface area contributed by atoms with E-state index < -0.39 is 6.10 Å². The van der Waals surface area contributed by atoms with Crippen LogP contribution in [-0.2, 0) is 4.79 Å². The van der Waals surface area contributed by atoms with Gasteiger partial charge < -0.3 is 5.11 Å². The van der Waals surface area contributed by atoms with Crippen LogP contribution in [0.2, 0.25) is 5.02 Å². The molecule has 2 aliphatic rings. The molecular weight excluding hydrogens is 369 g/mol. The quantitative estimate of drug-likeness (QED) is 0.833. The number of aliphatic hydroxyl groups is 1. The van der Waals surface area contributed by atoms with Gasteiger partial charge >= 0.3 is 0 Å². The SMILES string of the molecule is Cl.O=C1CSC(C2=CCN(CC(O)c3ccc(Cl)cc3)CC2)=NN1. The Hall–Kier alpha value is -1.05. The fourth-order valence-corrected chi connectivity index (χ4v) is 3.52. The number of hydrogen-bond acceptors (Lipinski definition) is 5. The number of β-amino-alcohol motifs (C(OH)–C–C–N with tert-alkyl or cyclic N) is 1. The molecule has 2 heterocycles. The van der Waals surface area contributed by atoms with Crippen molar-refractivity contribution < 1.29 is 9.90 Å². The molecule has 0 aromatic heterocycles. The topological polar surface area (TPSA) is 64.9 Å². The van der Waals surface area contributed by atoms with Crippen LogP contribution in [0.25, 0.3) is 0 Å². The van der Waals surface area contributed by atoms with E-state index in [0.29, 0.717) is 17.3 Å². The third-order valence-electron chi connectivity index (χ3n) is 3.88. The summed E-state index contributed by atoms with van der Waals surface area (Å²) in [7, 11) is 0. The molecule has 0 fully saturated rings. The van der Waals surface area contributed by atoms with Crippen LogP contribution in [0, 0.1) is 0 Å². The molecule has 3 rings (SSSR count). The number of benzene rings is 1. The van der Waals surface area contributed by atoms with Crippen molar-refractivity contribution >= 4 is 46.7 Å². The predicted octanol–water partition coefficient (Wildman–Crippen LogP) is 2.60. The summed E-state index contributed by atoms with van der Waals surface area (Å²) < 4.78 is 0. The fraction of sp³-hybridized carbons (Fsp3) is 0.375. The normalized spacial score (nSPS) is 19.7. The van der Waals surface area contributed by atoms with Crippen molar-refractivity contribution in [2.24, 2.45) is 5.10 Å². The number of hydrogen-bond donors (Lipinski definition) is 2. The zero-order valence-electron chi connectivity index (χ0n) is 12.9. The number of carbonyl (C=O) groups is 1.